The second-order valence-electron chi connectivity index (χ2n) is 5.05. The smallest absolute Gasteiger partial charge is 0.324 e. The number of piperidine rings is 1. The molecule has 1 aliphatic rings. The maximum absolute atomic E-state index is 10.6. The largest absolute Gasteiger partial charge is 0.328 e. The summed E-state index contributed by atoms with van der Waals surface area (Å²) in [4.78, 5) is 12.7. The fourth-order valence-corrected chi connectivity index (χ4v) is 3.18. The van der Waals surface area contributed by atoms with Gasteiger partial charge in [0.2, 0.25) is 0 Å². The molecule has 2 N–H and O–H groups in total. The summed E-state index contributed by atoms with van der Waals surface area (Å²) in [5, 5.41) is 12.7. The molecule has 6 heteroatoms. The Balaban J connectivity index is 1.94. The van der Waals surface area contributed by atoms with E-state index >= 15 is 0 Å². The zero-order valence-corrected chi connectivity index (χ0v) is 11.4. The van der Waals surface area contributed by atoms with Crippen molar-refractivity contribution in [1.29, 1.82) is 0 Å². The van der Waals surface area contributed by atoms with Crippen LogP contribution in [0.2, 0.25) is 0 Å². The van der Waals surface area contributed by atoms with Crippen molar-refractivity contribution >= 4 is 16.3 Å². The van der Waals surface area contributed by atoms with Gasteiger partial charge < -0.3 is 5.73 Å². The monoisotopic (exact) mass is 269 g/mol. The van der Waals surface area contributed by atoms with Gasteiger partial charge in [-0.3, -0.25) is 15.0 Å². The minimum atomic E-state index is -0.324. The quantitative estimate of drug-likeness (QED) is 0.672. The maximum Gasteiger partial charge on any atom is 0.324 e. The molecule has 2 unspecified atom stereocenters. The molecule has 0 spiro atoms. The van der Waals surface area contributed by atoms with Gasteiger partial charge in [0.05, 0.1) is 4.92 Å². The lowest BCUT2D eigenvalue weighted by Gasteiger charge is -2.34. The highest BCUT2D eigenvalue weighted by atomic mass is 32.1. The van der Waals surface area contributed by atoms with Crippen LogP contribution >= 0.6 is 11.3 Å². The highest BCUT2D eigenvalue weighted by Gasteiger charge is 2.23. The Morgan fingerprint density at radius 3 is 3.11 bits per heavy atom. The summed E-state index contributed by atoms with van der Waals surface area (Å²) >= 11 is 1.20. The normalized spacial score (nSPS) is 22.9. The zero-order valence-electron chi connectivity index (χ0n) is 10.5. The van der Waals surface area contributed by atoms with Crippen molar-refractivity contribution in [3.8, 4) is 0 Å². The third kappa shape index (κ3) is 3.28. The third-order valence-corrected chi connectivity index (χ3v) is 4.44. The van der Waals surface area contributed by atoms with Gasteiger partial charge in [0.1, 0.15) is 0 Å². The van der Waals surface area contributed by atoms with E-state index in [0.717, 1.165) is 25.2 Å². The molecule has 0 saturated carbocycles. The molecule has 2 atom stereocenters. The summed E-state index contributed by atoms with van der Waals surface area (Å²) in [7, 11) is 0. The predicted molar refractivity (Wildman–Crippen MR) is 72.6 cm³/mol. The Kier molecular flexibility index (Phi) is 4.31. The molecule has 100 valence electrons. The zero-order chi connectivity index (χ0) is 13.1. The van der Waals surface area contributed by atoms with Gasteiger partial charge in [-0.15, -0.1) is 0 Å². The molecular formula is C12H19N3O2S. The Bertz CT molecular complexity index is 419. The second-order valence-corrected chi connectivity index (χ2v) is 5.94. The van der Waals surface area contributed by atoms with E-state index in [2.05, 4.69) is 11.8 Å². The first kappa shape index (κ1) is 13.5. The number of nitrogens with zero attached hydrogens (tertiary/aromatic N) is 2. The van der Waals surface area contributed by atoms with E-state index in [4.69, 9.17) is 5.73 Å². The van der Waals surface area contributed by atoms with Crippen LogP contribution in [0.25, 0.3) is 0 Å². The number of hydrogen-bond donors (Lipinski definition) is 1. The van der Waals surface area contributed by atoms with E-state index < -0.39 is 0 Å². The van der Waals surface area contributed by atoms with Crippen molar-refractivity contribution < 1.29 is 4.92 Å². The van der Waals surface area contributed by atoms with Gasteiger partial charge in [0.15, 0.2) is 0 Å². The van der Waals surface area contributed by atoms with Crippen molar-refractivity contribution in [2.45, 2.75) is 32.4 Å². The Morgan fingerprint density at radius 1 is 1.72 bits per heavy atom. The SMILES string of the molecule is CC(N)C1CCCN(Cc2csc([N+](=O)[O-])c2)C1. The van der Waals surface area contributed by atoms with Gasteiger partial charge in [-0.25, -0.2) is 0 Å². The molecule has 0 aliphatic carbocycles. The standard InChI is InChI=1S/C12H19N3O2S/c1-9(13)11-3-2-4-14(7-11)6-10-5-12(15(16)17)18-8-10/h5,8-9,11H,2-4,6-7,13H2,1H3. The van der Waals surface area contributed by atoms with Gasteiger partial charge in [0, 0.05) is 30.6 Å². The molecule has 1 aromatic rings. The summed E-state index contributed by atoms with van der Waals surface area (Å²) in [6.45, 7) is 4.92. The van der Waals surface area contributed by atoms with E-state index in [-0.39, 0.29) is 16.0 Å². The minimum Gasteiger partial charge on any atom is -0.328 e. The molecule has 0 radical (unpaired) electrons. The first-order valence-corrected chi connectivity index (χ1v) is 7.14. The maximum atomic E-state index is 10.6. The van der Waals surface area contributed by atoms with E-state index in [1.54, 1.807) is 6.07 Å². The van der Waals surface area contributed by atoms with Crippen LogP contribution in [-0.2, 0) is 6.54 Å². The number of likely N-dealkylation sites (tertiary alicyclic amines) is 1. The van der Waals surface area contributed by atoms with Crippen LogP contribution in [0, 0.1) is 16.0 Å². The lowest BCUT2D eigenvalue weighted by molar-refractivity contribution is -0.380. The van der Waals surface area contributed by atoms with Crippen LogP contribution in [-0.4, -0.2) is 29.0 Å². The molecule has 18 heavy (non-hydrogen) atoms. The van der Waals surface area contributed by atoms with Crippen molar-refractivity contribution in [3.05, 3.63) is 27.1 Å². The predicted octanol–water partition coefficient (Wildman–Crippen LogP) is 2.22. The molecule has 0 aromatic carbocycles. The third-order valence-electron chi connectivity index (χ3n) is 3.51. The van der Waals surface area contributed by atoms with E-state index in [9.17, 15) is 10.1 Å². The van der Waals surface area contributed by atoms with Crippen molar-refractivity contribution in [1.82, 2.24) is 4.90 Å². The number of nitro groups is 1. The van der Waals surface area contributed by atoms with Crippen molar-refractivity contribution in [2.75, 3.05) is 13.1 Å². The molecule has 1 fully saturated rings. The minimum absolute atomic E-state index is 0.226. The fourth-order valence-electron chi connectivity index (χ4n) is 2.46. The lowest BCUT2D eigenvalue weighted by atomic mass is 9.92. The van der Waals surface area contributed by atoms with Crippen LogP contribution in [0.5, 0.6) is 0 Å². The number of thiophene rings is 1. The van der Waals surface area contributed by atoms with Gasteiger partial charge in [-0.1, -0.05) is 11.3 Å². The molecule has 1 aliphatic heterocycles. The number of rotatable bonds is 4. The van der Waals surface area contributed by atoms with Crippen LogP contribution in [0.3, 0.4) is 0 Å². The highest BCUT2D eigenvalue weighted by Crippen LogP contribution is 2.25. The Labute approximate surface area is 111 Å². The molecule has 1 aromatic heterocycles. The first-order valence-electron chi connectivity index (χ1n) is 6.26. The summed E-state index contributed by atoms with van der Waals surface area (Å²) in [5.41, 5.74) is 6.99. The lowest BCUT2D eigenvalue weighted by Crippen LogP contribution is -2.41. The van der Waals surface area contributed by atoms with Crippen molar-refractivity contribution in [3.63, 3.8) is 0 Å². The summed E-state index contributed by atoms with van der Waals surface area (Å²) in [5.74, 6) is 0.548. The van der Waals surface area contributed by atoms with Gasteiger partial charge >= 0.3 is 5.00 Å². The van der Waals surface area contributed by atoms with Crippen LogP contribution < -0.4 is 5.73 Å². The van der Waals surface area contributed by atoms with Crippen LogP contribution in [0.15, 0.2) is 11.4 Å². The summed E-state index contributed by atoms with van der Waals surface area (Å²) in [6.07, 6.45) is 2.36. The molecule has 2 heterocycles. The van der Waals surface area contributed by atoms with Gasteiger partial charge in [-0.05, 0) is 37.8 Å². The van der Waals surface area contributed by atoms with Crippen LogP contribution in [0.4, 0.5) is 5.00 Å². The highest BCUT2D eigenvalue weighted by molar-refractivity contribution is 7.13. The average Bonchev–Trinajstić information content (AvgIpc) is 2.78. The Hall–Kier alpha value is -0.980. The molecule has 0 amide bonds. The van der Waals surface area contributed by atoms with Crippen molar-refractivity contribution in [2.24, 2.45) is 11.7 Å². The fraction of sp³-hybridized carbons (Fsp3) is 0.667. The van der Waals surface area contributed by atoms with Gasteiger partial charge in [0.25, 0.3) is 0 Å². The molecule has 0 bridgehead atoms. The molecule has 2 rings (SSSR count). The second kappa shape index (κ2) is 5.77. The van der Waals surface area contributed by atoms with E-state index in [1.807, 2.05) is 5.38 Å². The van der Waals surface area contributed by atoms with Gasteiger partial charge in [-0.2, -0.15) is 0 Å². The topological polar surface area (TPSA) is 72.4 Å². The van der Waals surface area contributed by atoms with E-state index in [1.165, 1.54) is 24.2 Å². The average molecular weight is 269 g/mol. The number of hydrogen-bond acceptors (Lipinski definition) is 5. The van der Waals surface area contributed by atoms with Crippen LogP contribution in [0.1, 0.15) is 25.3 Å². The summed E-state index contributed by atoms with van der Waals surface area (Å²) < 4.78 is 0. The molecular weight excluding hydrogens is 250 g/mol. The Morgan fingerprint density at radius 2 is 2.50 bits per heavy atom. The molecule has 5 nitrogen and oxygen atoms in total. The number of nitrogens with two attached hydrogens (primary N) is 1. The summed E-state index contributed by atoms with van der Waals surface area (Å²) in [6, 6.07) is 1.91. The molecule has 1 saturated heterocycles. The van der Waals surface area contributed by atoms with E-state index in [0.29, 0.717) is 5.92 Å². The first-order chi connectivity index (χ1) is 8.56.